The van der Waals surface area contributed by atoms with Gasteiger partial charge in [0.15, 0.2) is 11.6 Å². The molecule has 48 heavy (non-hydrogen) atoms. The molecule has 9 nitrogen and oxygen atoms in total. The Kier molecular flexibility index (Phi) is 8.33. The van der Waals surface area contributed by atoms with Crippen LogP contribution in [0.3, 0.4) is 0 Å². The van der Waals surface area contributed by atoms with E-state index in [1.54, 1.807) is 29.2 Å². The molecule has 248 valence electrons. The number of nitrogens with zero attached hydrogens (tertiary/aromatic N) is 7. The molecular weight excluding hydrogens is 650 g/mol. The molecule has 2 aromatic heterocycles. The fraction of sp³-hybridized carbons (Fsp3) is 0.382. The molecule has 0 radical (unpaired) electrons. The summed E-state index contributed by atoms with van der Waals surface area (Å²) in [6, 6.07) is 6.94. The number of hydrogen-bond acceptors (Lipinski definition) is 7. The Bertz CT molecular complexity index is 2010. The van der Waals surface area contributed by atoms with Crippen LogP contribution in [-0.4, -0.2) is 94.3 Å². The summed E-state index contributed by atoms with van der Waals surface area (Å²) < 4.78 is 65.8. The van der Waals surface area contributed by atoms with Gasteiger partial charge in [-0.1, -0.05) is 42.4 Å². The first-order valence-corrected chi connectivity index (χ1v) is 16.0. The number of piperazine rings is 1. The lowest BCUT2D eigenvalue weighted by Gasteiger charge is -2.39. The van der Waals surface area contributed by atoms with Gasteiger partial charge in [0, 0.05) is 49.7 Å². The van der Waals surface area contributed by atoms with Crippen LogP contribution in [0.1, 0.15) is 19.3 Å². The van der Waals surface area contributed by atoms with E-state index < -0.39 is 41.1 Å². The summed E-state index contributed by atoms with van der Waals surface area (Å²) in [5.74, 6) is -3.27. The predicted octanol–water partition coefficient (Wildman–Crippen LogP) is 6.15. The van der Waals surface area contributed by atoms with Crippen molar-refractivity contribution in [2.24, 2.45) is 0 Å². The number of anilines is 1. The highest BCUT2D eigenvalue weighted by Crippen LogP contribution is 2.41. The number of benzene rings is 2. The van der Waals surface area contributed by atoms with E-state index in [0.717, 1.165) is 19.4 Å². The van der Waals surface area contributed by atoms with Gasteiger partial charge in [-0.3, -0.25) is 14.7 Å². The second-order valence-corrected chi connectivity index (χ2v) is 12.9. The number of pyridine rings is 1. The third-order valence-corrected chi connectivity index (χ3v) is 10.0. The van der Waals surface area contributed by atoms with Crippen molar-refractivity contribution in [2.45, 2.75) is 37.0 Å². The fourth-order valence-electron chi connectivity index (χ4n) is 7.40. The quantitative estimate of drug-likeness (QED) is 0.132. The minimum atomic E-state index is -1.13. The van der Waals surface area contributed by atoms with Crippen LogP contribution < -0.4 is 9.64 Å². The second kappa shape index (κ2) is 12.5. The van der Waals surface area contributed by atoms with E-state index in [2.05, 4.69) is 31.3 Å². The van der Waals surface area contributed by atoms with E-state index >= 15 is 4.39 Å². The van der Waals surface area contributed by atoms with Gasteiger partial charge < -0.3 is 19.4 Å². The second-order valence-electron chi connectivity index (χ2n) is 12.5. The van der Waals surface area contributed by atoms with Gasteiger partial charge in [0.05, 0.1) is 15.9 Å². The summed E-state index contributed by atoms with van der Waals surface area (Å²) in [5, 5.41) is 0.928. The number of aromatic nitrogens is 3. The van der Waals surface area contributed by atoms with E-state index in [-0.39, 0.29) is 77.2 Å². The Morgan fingerprint density at radius 1 is 1.17 bits per heavy atom. The van der Waals surface area contributed by atoms with E-state index in [1.807, 2.05) is 0 Å². The molecule has 3 saturated heterocycles. The van der Waals surface area contributed by atoms with Crippen molar-refractivity contribution >= 4 is 45.0 Å². The maximum absolute atomic E-state index is 16.7. The SMILES string of the molecule is [C-]#[N+]C[C@H]1CN(c2nc(OCC34CCCN3C[C@H](F)C4)nc3c(F)c(-c4cccc5ccc(F)c(Cl)c45)ncc23)CCN1C(=O)C(=C)F. The van der Waals surface area contributed by atoms with Crippen LogP contribution in [0.25, 0.3) is 37.8 Å². The molecule has 3 aliphatic heterocycles. The monoisotopic (exact) mass is 679 g/mol. The molecule has 3 atom stereocenters. The van der Waals surface area contributed by atoms with Crippen molar-refractivity contribution in [1.29, 1.82) is 0 Å². The van der Waals surface area contributed by atoms with Gasteiger partial charge in [-0.25, -0.2) is 24.1 Å². The zero-order valence-electron chi connectivity index (χ0n) is 25.7. The first kappa shape index (κ1) is 32.0. The summed E-state index contributed by atoms with van der Waals surface area (Å²) in [5.41, 5.74) is -0.506. The predicted molar refractivity (Wildman–Crippen MR) is 173 cm³/mol. The lowest BCUT2D eigenvalue weighted by molar-refractivity contribution is -0.131. The molecule has 0 N–H and O–H groups in total. The number of amides is 1. The lowest BCUT2D eigenvalue weighted by atomic mass is 9.95. The molecule has 14 heteroatoms. The van der Waals surface area contributed by atoms with Gasteiger partial charge in [-0.2, -0.15) is 9.97 Å². The molecule has 3 aliphatic rings. The van der Waals surface area contributed by atoms with Crippen LogP contribution in [0.5, 0.6) is 6.01 Å². The molecule has 5 heterocycles. The first-order chi connectivity index (χ1) is 23.1. The summed E-state index contributed by atoms with van der Waals surface area (Å²) in [6.45, 7) is 11.9. The number of hydrogen-bond donors (Lipinski definition) is 0. The summed E-state index contributed by atoms with van der Waals surface area (Å²) in [4.78, 5) is 34.7. The van der Waals surface area contributed by atoms with Gasteiger partial charge in [0.2, 0.25) is 6.54 Å². The Labute approximate surface area is 278 Å². The van der Waals surface area contributed by atoms with E-state index in [1.165, 1.54) is 17.2 Å². The molecular formula is C34H30ClF4N7O2. The molecule has 0 spiro atoms. The van der Waals surface area contributed by atoms with Crippen molar-refractivity contribution in [3.05, 3.63) is 77.0 Å². The maximum atomic E-state index is 16.7. The van der Waals surface area contributed by atoms with Crippen LogP contribution in [0.15, 0.2) is 48.9 Å². The normalized spacial score (nSPS) is 22.7. The van der Waals surface area contributed by atoms with Crippen molar-refractivity contribution in [3.8, 4) is 17.3 Å². The van der Waals surface area contributed by atoms with Gasteiger partial charge in [0.25, 0.3) is 5.91 Å². The Morgan fingerprint density at radius 2 is 2.00 bits per heavy atom. The highest BCUT2D eigenvalue weighted by molar-refractivity contribution is 6.36. The standard InChI is InChI=1S/C34H30ClF4N7O2/c1-19(36)32(47)46-12-11-44(17-22(46)14-40-2)31-24-15-41-29(23-6-3-5-20-7-8-25(38)27(35)26(20)23)28(39)30(24)42-33(43-31)48-18-34-9-4-10-45(34)16-21(37)13-34/h3,5-8,15,21-22H,1,4,9-14,16-18H2/t21-,22+,34?/m1/s1. The molecule has 1 amide bonds. The third kappa shape index (κ3) is 5.46. The first-order valence-electron chi connectivity index (χ1n) is 15.6. The van der Waals surface area contributed by atoms with Crippen LogP contribution in [0.4, 0.5) is 23.4 Å². The molecule has 3 fully saturated rings. The number of carbonyl (C=O) groups excluding carboxylic acids is 1. The van der Waals surface area contributed by atoms with E-state index in [9.17, 15) is 18.0 Å². The third-order valence-electron chi connectivity index (χ3n) is 9.64. The highest BCUT2D eigenvalue weighted by atomic mass is 35.5. The molecule has 0 saturated carbocycles. The largest absolute Gasteiger partial charge is 0.461 e. The number of rotatable bonds is 7. The highest BCUT2D eigenvalue weighted by Gasteiger charge is 2.49. The fourth-order valence-corrected chi connectivity index (χ4v) is 7.68. The van der Waals surface area contributed by atoms with Crippen molar-refractivity contribution in [1.82, 2.24) is 24.8 Å². The zero-order chi connectivity index (χ0) is 33.7. The topological polar surface area (TPSA) is 79.1 Å². The van der Waals surface area contributed by atoms with Gasteiger partial charge in [0.1, 0.15) is 41.7 Å². The van der Waals surface area contributed by atoms with Crippen molar-refractivity contribution in [3.63, 3.8) is 0 Å². The van der Waals surface area contributed by atoms with Gasteiger partial charge in [-0.05, 0) is 30.8 Å². The number of ether oxygens (including phenoxy) is 1. The molecule has 1 unspecified atom stereocenters. The Morgan fingerprint density at radius 3 is 2.79 bits per heavy atom. The average Bonchev–Trinajstić information content (AvgIpc) is 3.60. The minimum Gasteiger partial charge on any atom is -0.461 e. The molecule has 0 bridgehead atoms. The molecule has 0 aliphatic carbocycles. The molecule has 7 rings (SSSR count). The van der Waals surface area contributed by atoms with E-state index in [4.69, 9.17) is 22.9 Å². The smallest absolute Gasteiger partial charge is 0.319 e. The van der Waals surface area contributed by atoms with Crippen LogP contribution in [0.2, 0.25) is 5.02 Å². The van der Waals surface area contributed by atoms with Gasteiger partial charge >= 0.3 is 6.01 Å². The lowest BCUT2D eigenvalue weighted by Crippen LogP contribution is -2.56. The number of carbonyl (C=O) groups is 1. The average molecular weight is 680 g/mol. The van der Waals surface area contributed by atoms with Crippen molar-refractivity contribution in [2.75, 3.05) is 50.8 Å². The summed E-state index contributed by atoms with van der Waals surface area (Å²) in [6.07, 6.45) is 2.37. The Hall–Kier alpha value is -4.54. The molecule has 4 aromatic rings. The van der Waals surface area contributed by atoms with Crippen LogP contribution >= 0.6 is 11.6 Å². The number of halogens is 5. The summed E-state index contributed by atoms with van der Waals surface area (Å²) in [7, 11) is 0. The van der Waals surface area contributed by atoms with Crippen LogP contribution in [0, 0.1) is 18.2 Å². The Balaban J connectivity index is 1.34. The van der Waals surface area contributed by atoms with Crippen LogP contribution in [-0.2, 0) is 4.79 Å². The molecule has 2 aromatic carbocycles. The summed E-state index contributed by atoms with van der Waals surface area (Å²) >= 11 is 6.37. The number of fused-ring (bicyclic) bond motifs is 3. The van der Waals surface area contributed by atoms with Crippen molar-refractivity contribution < 1.29 is 27.1 Å². The number of alkyl halides is 1. The zero-order valence-corrected chi connectivity index (χ0v) is 26.5. The van der Waals surface area contributed by atoms with Gasteiger partial charge in [-0.15, -0.1) is 0 Å². The van der Waals surface area contributed by atoms with E-state index in [0.29, 0.717) is 18.4 Å². The minimum absolute atomic E-state index is 0.0493. The maximum Gasteiger partial charge on any atom is 0.319 e.